The Kier molecular flexibility index (Phi) is 3.55. The van der Waals surface area contributed by atoms with Crippen LogP contribution in [0.3, 0.4) is 0 Å². The van der Waals surface area contributed by atoms with Crippen molar-refractivity contribution in [3.63, 3.8) is 0 Å². The lowest BCUT2D eigenvalue weighted by atomic mass is 10.0. The Bertz CT molecular complexity index is 596. The zero-order chi connectivity index (χ0) is 14.0. The van der Waals surface area contributed by atoms with Gasteiger partial charge < -0.3 is 10.5 Å². The topological polar surface area (TPSA) is 70.1 Å². The second-order valence-electron chi connectivity index (χ2n) is 4.23. The van der Waals surface area contributed by atoms with Gasteiger partial charge in [-0.05, 0) is 25.5 Å². The fourth-order valence-corrected chi connectivity index (χ4v) is 2.01. The van der Waals surface area contributed by atoms with Crippen molar-refractivity contribution in [2.75, 3.05) is 12.8 Å². The molecule has 5 heteroatoms. The molecule has 2 rings (SSSR count). The molecule has 0 bridgehead atoms. The third-order valence-corrected chi connectivity index (χ3v) is 3.16. The second-order valence-corrected chi connectivity index (χ2v) is 4.23. The van der Waals surface area contributed by atoms with Crippen molar-refractivity contribution < 1.29 is 9.53 Å². The maximum atomic E-state index is 12.6. The molecule has 0 aliphatic heterocycles. The van der Waals surface area contributed by atoms with E-state index in [1.165, 1.54) is 7.11 Å². The molecule has 1 heterocycles. The Morgan fingerprint density at radius 1 is 1.47 bits per heavy atom. The number of aromatic nitrogens is 2. The van der Waals surface area contributed by atoms with Crippen molar-refractivity contribution in [3.8, 4) is 5.75 Å². The third kappa shape index (κ3) is 2.19. The minimum Gasteiger partial charge on any atom is -0.493 e. The Morgan fingerprint density at radius 2 is 2.21 bits per heavy atom. The summed E-state index contributed by atoms with van der Waals surface area (Å²) in [5.74, 6) is 0.356. The van der Waals surface area contributed by atoms with E-state index in [0.29, 0.717) is 29.2 Å². The van der Waals surface area contributed by atoms with Crippen LogP contribution < -0.4 is 10.5 Å². The van der Waals surface area contributed by atoms with Crippen LogP contribution >= 0.6 is 0 Å². The maximum absolute atomic E-state index is 12.6. The van der Waals surface area contributed by atoms with Crippen LogP contribution in [0.5, 0.6) is 5.75 Å². The van der Waals surface area contributed by atoms with Gasteiger partial charge in [-0.3, -0.25) is 9.48 Å². The first-order valence-electron chi connectivity index (χ1n) is 6.09. The molecule has 0 amide bonds. The van der Waals surface area contributed by atoms with Crippen LogP contribution in [0.15, 0.2) is 24.4 Å². The van der Waals surface area contributed by atoms with E-state index in [2.05, 4.69) is 5.10 Å². The Hall–Kier alpha value is -2.30. The van der Waals surface area contributed by atoms with E-state index in [9.17, 15) is 4.79 Å². The predicted molar refractivity (Wildman–Crippen MR) is 73.5 cm³/mol. The molecule has 0 radical (unpaired) electrons. The van der Waals surface area contributed by atoms with Crippen molar-refractivity contribution >= 4 is 11.5 Å². The smallest absolute Gasteiger partial charge is 0.215 e. The van der Waals surface area contributed by atoms with Gasteiger partial charge in [-0.25, -0.2) is 0 Å². The molecule has 0 unspecified atom stereocenters. The van der Waals surface area contributed by atoms with Crippen LogP contribution in [0.25, 0.3) is 0 Å². The number of nitrogens with two attached hydrogens (primary N) is 1. The number of methoxy groups -OCH3 is 1. The number of hydrogen-bond acceptors (Lipinski definition) is 4. The van der Waals surface area contributed by atoms with Gasteiger partial charge in [0.05, 0.1) is 13.3 Å². The summed E-state index contributed by atoms with van der Waals surface area (Å²) in [5, 5.41) is 4.14. The number of benzene rings is 1. The van der Waals surface area contributed by atoms with Gasteiger partial charge in [0.1, 0.15) is 0 Å². The van der Waals surface area contributed by atoms with Crippen LogP contribution in [-0.2, 0) is 6.54 Å². The molecule has 1 aromatic carbocycles. The molecule has 0 saturated carbocycles. The normalized spacial score (nSPS) is 10.5. The molecule has 0 atom stereocenters. The van der Waals surface area contributed by atoms with Crippen molar-refractivity contribution in [2.45, 2.75) is 20.4 Å². The number of hydrogen-bond donors (Lipinski definition) is 1. The highest BCUT2D eigenvalue weighted by Crippen LogP contribution is 2.24. The summed E-state index contributed by atoms with van der Waals surface area (Å²) in [4.78, 5) is 12.6. The quantitative estimate of drug-likeness (QED) is 0.673. The molecule has 0 saturated heterocycles. The van der Waals surface area contributed by atoms with E-state index >= 15 is 0 Å². The minimum absolute atomic E-state index is 0.124. The van der Waals surface area contributed by atoms with Crippen LogP contribution in [-0.4, -0.2) is 22.7 Å². The third-order valence-electron chi connectivity index (χ3n) is 3.16. The summed E-state index contributed by atoms with van der Waals surface area (Å²) in [6.07, 6.45) is 1.55. The number of nitrogens with zero attached hydrogens (tertiary/aromatic N) is 2. The average Bonchev–Trinajstić information content (AvgIpc) is 2.84. The van der Waals surface area contributed by atoms with Crippen molar-refractivity contribution in [1.82, 2.24) is 9.78 Å². The van der Waals surface area contributed by atoms with Crippen molar-refractivity contribution in [2.24, 2.45) is 0 Å². The molecule has 1 aromatic heterocycles. The van der Waals surface area contributed by atoms with Crippen LogP contribution in [0.2, 0.25) is 0 Å². The first kappa shape index (κ1) is 13.1. The number of anilines is 1. The van der Waals surface area contributed by atoms with E-state index in [1.54, 1.807) is 29.1 Å². The first-order valence-corrected chi connectivity index (χ1v) is 6.09. The molecule has 0 aliphatic carbocycles. The first-order chi connectivity index (χ1) is 9.10. The van der Waals surface area contributed by atoms with E-state index < -0.39 is 0 Å². The fourth-order valence-electron chi connectivity index (χ4n) is 2.01. The second kappa shape index (κ2) is 5.14. The summed E-state index contributed by atoms with van der Waals surface area (Å²) in [5.41, 5.74) is 8.26. The van der Waals surface area contributed by atoms with Gasteiger partial charge in [-0.1, -0.05) is 12.1 Å². The Morgan fingerprint density at radius 3 is 2.84 bits per heavy atom. The van der Waals surface area contributed by atoms with E-state index in [1.807, 2.05) is 13.8 Å². The highest BCUT2D eigenvalue weighted by atomic mass is 16.5. The van der Waals surface area contributed by atoms with Gasteiger partial charge >= 0.3 is 0 Å². The summed E-state index contributed by atoms with van der Waals surface area (Å²) in [6, 6.07) is 5.32. The molecule has 19 heavy (non-hydrogen) atoms. The van der Waals surface area contributed by atoms with Crippen LogP contribution in [0.4, 0.5) is 5.69 Å². The monoisotopic (exact) mass is 259 g/mol. The maximum Gasteiger partial charge on any atom is 0.215 e. The fraction of sp³-hybridized carbons (Fsp3) is 0.286. The Labute approximate surface area is 112 Å². The molecule has 2 N–H and O–H groups in total. The summed E-state index contributed by atoms with van der Waals surface area (Å²) in [7, 11) is 1.53. The molecule has 0 fully saturated rings. The summed E-state index contributed by atoms with van der Waals surface area (Å²) in [6.45, 7) is 4.36. The lowest BCUT2D eigenvalue weighted by Crippen LogP contribution is -2.13. The number of ether oxygens (including phenoxy) is 1. The molecule has 100 valence electrons. The highest BCUT2D eigenvalue weighted by Gasteiger charge is 2.22. The van der Waals surface area contributed by atoms with Gasteiger partial charge in [0.15, 0.2) is 11.4 Å². The standard InChI is InChI=1S/C14H17N3O2/c1-4-17-13(12(19-3)8-16-17)14(18)10-6-5-7-11(15)9(10)2/h5-8H,4,15H2,1-3H3. The van der Waals surface area contributed by atoms with Crippen molar-refractivity contribution in [1.29, 1.82) is 0 Å². The Balaban J connectivity index is 2.55. The van der Waals surface area contributed by atoms with E-state index in [0.717, 1.165) is 5.56 Å². The SMILES string of the molecule is CCn1ncc(OC)c1C(=O)c1cccc(N)c1C. The molecular weight excluding hydrogens is 242 g/mol. The summed E-state index contributed by atoms with van der Waals surface area (Å²) < 4.78 is 6.83. The largest absolute Gasteiger partial charge is 0.493 e. The van der Waals surface area contributed by atoms with Gasteiger partial charge in [0, 0.05) is 17.8 Å². The number of ketones is 1. The van der Waals surface area contributed by atoms with Crippen LogP contribution in [0, 0.1) is 6.92 Å². The molecule has 2 aromatic rings. The minimum atomic E-state index is -0.124. The van der Waals surface area contributed by atoms with Gasteiger partial charge in [-0.2, -0.15) is 5.10 Å². The van der Waals surface area contributed by atoms with E-state index in [4.69, 9.17) is 10.5 Å². The number of rotatable bonds is 4. The number of aryl methyl sites for hydroxylation is 1. The molecule has 0 spiro atoms. The molecular formula is C14H17N3O2. The summed E-state index contributed by atoms with van der Waals surface area (Å²) >= 11 is 0. The average molecular weight is 259 g/mol. The lowest BCUT2D eigenvalue weighted by Gasteiger charge is -2.10. The van der Waals surface area contributed by atoms with Gasteiger partial charge in [-0.15, -0.1) is 0 Å². The molecule has 5 nitrogen and oxygen atoms in total. The van der Waals surface area contributed by atoms with Crippen molar-refractivity contribution in [3.05, 3.63) is 41.2 Å². The molecule has 0 aliphatic rings. The zero-order valence-corrected chi connectivity index (χ0v) is 11.3. The zero-order valence-electron chi connectivity index (χ0n) is 11.3. The van der Waals surface area contributed by atoms with Gasteiger partial charge in [0.25, 0.3) is 0 Å². The predicted octanol–water partition coefficient (Wildman–Crippen LogP) is 2.03. The number of carbonyl (C=O) groups is 1. The van der Waals surface area contributed by atoms with E-state index in [-0.39, 0.29) is 5.78 Å². The lowest BCUT2D eigenvalue weighted by molar-refractivity contribution is 0.102. The van der Waals surface area contributed by atoms with Gasteiger partial charge in [0.2, 0.25) is 5.78 Å². The number of carbonyl (C=O) groups excluding carboxylic acids is 1. The number of nitrogen functional groups attached to an aromatic ring is 1. The van der Waals surface area contributed by atoms with Crippen LogP contribution in [0.1, 0.15) is 28.5 Å². The highest BCUT2D eigenvalue weighted by molar-refractivity contribution is 6.11.